The molecule has 0 bridgehead atoms. The van der Waals surface area contributed by atoms with Crippen LogP contribution in [0.15, 0.2) is 23.1 Å². The molecule has 0 saturated carbocycles. The Hall–Kier alpha value is -1.36. The Bertz CT molecular complexity index is 576. The van der Waals surface area contributed by atoms with Crippen LogP contribution < -0.4 is 0 Å². The fourth-order valence-electron chi connectivity index (χ4n) is 1.95. The molecule has 4 nitrogen and oxygen atoms in total. The summed E-state index contributed by atoms with van der Waals surface area (Å²) < 4.78 is 30.1. The summed E-state index contributed by atoms with van der Waals surface area (Å²) >= 11 is 0. The molecule has 1 rings (SSSR count). The highest BCUT2D eigenvalue weighted by molar-refractivity contribution is 7.92. The monoisotopic (exact) mass is 298 g/mol. The first kappa shape index (κ1) is 16.7. The van der Waals surface area contributed by atoms with Crippen molar-refractivity contribution >= 4 is 15.8 Å². The number of ether oxygens (including phenoxy) is 1. The highest BCUT2D eigenvalue weighted by atomic mass is 32.2. The first-order chi connectivity index (χ1) is 9.34. The molecule has 0 radical (unpaired) electrons. The first-order valence-electron chi connectivity index (χ1n) is 6.82. The predicted octanol–water partition coefficient (Wildman–Crippen LogP) is 2.81. The van der Waals surface area contributed by atoms with E-state index in [1.54, 1.807) is 25.1 Å². The molecule has 1 aromatic rings. The maximum atomic E-state index is 12.6. The van der Waals surface area contributed by atoms with Gasteiger partial charge in [0.25, 0.3) is 0 Å². The summed E-state index contributed by atoms with van der Waals surface area (Å²) in [6.07, 6.45) is 0.877. The Balaban J connectivity index is 3.21. The van der Waals surface area contributed by atoms with Gasteiger partial charge in [0.2, 0.25) is 0 Å². The predicted molar refractivity (Wildman–Crippen MR) is 78.4 cm³/mol. The second-order valence-corrected chi connectivity index (χ2v) is 6.95. The lowest BCUT2D eigenvalue weighted by atomic mass is 10.1. The van der Waals surface area contributed by atoms with Gasteiger partial charge < -0.3 is 4.74 Å². The average molecular weight is 298 g/mol. The first-order valence-corrected chi connectivity index (χ1v) is 8.37. The summed E-state index contributed by atoms with van der Waals surface area (Å²) in [4.78, 5) is 12.1. The number of aryl methyl sites for hydroxylation is 2. The van der Waals surface area contributed by atoms with E-state index in [1.165, 1.54) is 0 Å². The van der Waals surface area contributed by atoms with E-state index in [0.29, 0.717) is 6.42 Å². The zero-order valence-corrected chi connectivity index (χ0v) is 13.3. The van der Waals surface area contributed by atoms with Crippen LogP contribution in [0.4, 0.5) is 0 Å². The third-order valence-electron chi connectivity index (χ3n) is 3.28. The number of rotatable bonds is 6. The van der Waals surface area contributed by atoms with E-state index in [1.807, 2.05) is 20.8 Å². The maximum absolute atomic E-state index is 12.6. The number of carbonyl (C=O) groups is 1. The Morgan fingerprint density at radius 3 is 2.35 bits per heavy atom. The highest BCUT2D eigenvalue weighted by Crippen LogP contribution is 2.23. The van der Waals surface area contributed by atoms with E-state index in [-0.39, 0.29) is 17.9 Å². The number of sulfone groups is 1. The quantitative estimate of drug-likeness (QED) is 0.758. The molecule has 0 aliphatic rings. The normalized spacial score (nSPS) is 13.0. The third-order valence-corrected chi connectivity index (χ3v) is 5.37. The van der Waals surface area contributed by atoms with Crippen LogP contribution in [0.25, 0.3) is 0 Å². The Morgan fingerprint density at radius 2 is 1.85 bits per heavy atom. The number of hydrogen-bond acceptors (Lipinski definition) is 4. The second-order valence-electron chi connectivity index (χ2n) is 4.82. The topological polar surface area (TPSA) is 60.4 Å². The molecular weight excluding hydrogens is 276 g/mol. The maximum Gasteiger partial charge on any atom is 0.324 e. The smallest absolute Gasteiger partial charge is 0.324 e. The minimum absolute atomic E-state index is 0.182. The molecule has 0 spiro atoms. The van der Waals surface area contributed by atoms with Gasteiger partial charge in [-0.15, -0.1) is 0 Å². The van der Waals surface area contributed by atoms with Gasteiger partial charge in [-0.25, -0.2) is 8.42 Å². The van der Waals surface area contributed by atoms with E-state index in [9.17, 15) is 13.2 Å². The van der Waals surface area contributed by atoms with Crippen LogP contribution in [-0.4, -0.2) is 26.2 Å². The zero-order valence-electron chi connectivity index (χ0n) is 12.5. The summed E-state index contributed by atoms with van der Waals surface area (Å²) in [5, 5.41) is -1.12. The number of esters is 1. The summed E-state index contributed by atoms with van der Waals surface area (Å²) in [6, 6.07) is 4.93. The van der Waals surface area contributed by atoms with Crippen molar-refractivity contribution in [1.82, 2.24) is 0 Å². The lowest BCUT2D eigenvalue weighted by Crippen LogP contribution is -2.32. The van der Waals surface area contributed by atoms with Gasteiger partial charge in [-0.2, -0.15) is 0 Å². The molecule has 0 amide bonds. The molecular formula is C15H22O4S. The molecule has 0 N–H and O–H groups in total. The van der Waals surface area contributed by atoms with E-state index in [2.05, 4.69) is 0 Å². The molecule has 0 fully saturated rings. The molecule has 0 saturated heterocycles. The lowest BCUT2D eigenvalue weighted by Gasteiger charge is -2.16. The fourth-order valence-corrected chi connectivity index (χ4v) is 3.75. The molecule has 0 aliphatic heterocycles. The summed E-state index contributed by atoms with van der Waals surface area (Å²) in [6.45, 7) is 7.47. The van der Waals surface area contributed by atoms with Crippen molar-refractivity contribution in [2.24, 2.45) is 0 Å². The lowest BCUT2D eigenvalue weighted by molar-refractivity contribution is -0.142. The van der Waals surface area contributed by atoms with Crippen molar-refractivity contribution < 1.29 is 17.9 Å². The van der Waals surface area contributed by atoms with Crippen LogP contribution in [-0.2, 0) is 19.4 Å². The van der Waals surface area contributed by atoms with Gasteiger partial charge in [0.15, 0.2) is 15.1 Å². The van der Waals surface area contributed by atoms with Crippen LogP contribution in [0.1, 0.15) is 37.8 Å². The molecule has 0 heterocycles. The van der Waals surface area contributed by atoms with Crippen molar-refractivity contribution in [3.8, 4) is 0 Å². The van der Waals surface area contributed by atoms with Crippen molar-refractivity contribution in [2.45, 2.75) is 50.7 Å². The number of hydrogen-bond donors (Lipinski definition) is 0. The Morgan fingerprint density at radius 1 is 1.20 bits per heavy atom. The molecule has 5 heteroatoms. The molecule has 0 aromatic heterocycles. The zero-order chi connectivity index (χ0) is 15.3. The average Bonchev–Trinajstić information content (AvgIpc) is 2.39. The van der Waals surface area contributed by atoms with Crippen LogP contribution in [0.3, 0.4) is 0 Å². The molecule has 0 aliphatic carbocycles. The van der Waals surface area contributed by atoms with E-state index in [0.717, 1.165) is 11.1 Å². The Kier molecular flexibility index (Phi) is 5.74. The fraction of sp³-hybridized carbons (Fsp3) is 0.533. The Labute approximate surface area is 121 Å². The largest absolute Gasteiger partial charge is 0.465 e. The van der Waals surface area contributed by atoms with Crippen LogP contribution in [0, 0.1) is 13.8 Å². The third kappa shape index (κ3) is 3.60. The van der Waals surface area contributed by atoms with Gasteiger partial charge in [-0.3, -0.25) is 4.79 Å². The van der Waals surface area contributed by atoms with Crippen molar-refractivity contribution in [1.29, 1.82) is 0 Å². The molecule has 1 unspecified atom stereocenters. The number of benzene rings is 1. The van der Waals surface area contributed by atoms with E-state index in [4.69, 9.17) is 4.74 Å². The van der Waals surface area contributed by atoms with Crippen LogP contribution in [0.2, 0.25) is 0 Å². The van der Waals surface area contributed by atoms with Crippen molar-refractivity contribution in [2.75, 3.05) is 6.61 Å². The molecule has 112 valence electrons. The van der Waals surface area contributed by atoms with Gasteiger partial charge in [-0.05, 0) is 50.5 Å². The SMILES string of the molecule is CCCC(C(=O)OCC)S(=O)(=O)c1ccc(C)c(C)c1. The highest BCUT2D eigenvalue weighted by Gasteiger charge is 2.34. The van der Waals surface area contributed by atoms with Gasteiger partial charge in [0.05, 0.1) is 11.5 Å². The summed E-state index contributed by atoms with van der Waals surface area (Å²) in [5.74, 6) is -0.660. The summed E-state index contributed by atoms with van der Waals surface area (Å²) in [7, 11) is -3.70. The van der Waals surface area contributed by atoms with Gasteiger partial charge in [0.1, 0.15) is 0 Å². The van der Waals surface area contributed by atoms with Gasteiger partial charge in [-0.1, -0.05) is 19.4 Å². The van der Waals surface area contributed by atoms with Gasteiger partial charge >= 0.3 is 5.97 Å². The summed E-state index contributed by atoms with van der Waals surface area (Å²) in [5.41, 5.74) is 1.91. The van der Waals surface area contributed by atoms with Crippen molar-refractivity contribution in [3.63, 3.8) is 0 Å². The molecule has 1 aromatic carbocycles. The van der Waals surface area contributed by atoms with Crippen molar-refractivity contribution in [3.05, 3.63) is 29.3 Å². The van der Waals surface area contributed by atoms with Crippen LogP contribution >= 0.6 is 0 Å². The molecule has 20 heavy (non-hydrogen) atoms. The second kappa shape index (κ2) is 6.88. The van der Waals surface area contributed by atoms with Gasteiger partial charge in [0, 0.05) is 0 Å². The van der Waals surface area contributed by atoms with E-state index < -0.39 is 21.1 Å². The minimum atomic E-state index is -3.70. The van der Waals surface area contributed by atoms with Crippen LogP contribution in [0.5, 0.6) is 0 Å². The minimum Gasteiger partial charge on any atom is -0.465 e. The molecule has 1 atom stereocenters. The number of carbonyl (C=O) groups excluding carboxylic acids is 1. The van der Waals surface area contributed by atoms with E-state index >= 15 is 0 Å². The standard InChI is InChI=1S/C15H22O4S/c1-5-7-14(15(16)19-6-2)20(17,18)13-9-8-11(3)12(4)10-13/h8-10,14H,5-7H2,1-4H3.